The van der Waals surface area contributed by atoms with Crippen molar-refractivity contribution in [1.82, 2.24) is 10.4 Å². The number of amides is 2. The first-order chi connectivity index (χ1) is 12.6. The maximum absolute atomic E-state index is 13.0. The number of alkyl halides is 1. The van der Waals surface area contributed by atoms with Gasteiger partial charge in [-0.1, -0.05) is 24.3 Å². The molecule has 2 rings (SSSR count). The summed E-state index contributed by atoms with van der Waals surface area (Å²) in [6.45, 7) is 5.47. The largest absolute Gasteiger partial charge is 0.293 e. The number of Topliss-reactive ketones (excluding diaryl/α,β-unsaturated/α-hetero) is 1. The third-order valence-electron chi connectivity index (χ3n) is 3.78. The predicted molar refractivity (Wildman–Crippen MR) is 109 cm³/mol. The van der Waals surface area contributed by atoms with E-state index in [2.05, 4.69) is 21.4 Å². The summed E-state index contributed by atoms with van der Waals surface area (Å²) in [5.41, 5.74) is 3.22. The van der Waals surface area contributed by atoms with Crippen LogP contribution in [0.4, 0.5) is 0 Å². The SMILES string of the molecule is CC(C)(C)N(NC(=O)c1ccc(C(=O)CCl)cc1)C(=O)c1ccccc1Br. The fraction of sp³-hybridized carbons (Fsp3) is 0.250. The molecule has 0 aliphatic carbocycles. The molecule has 5 nitrogen and oxygen atoms in total. The molecule has 0 aromatic heterocycles. The van der Waals surface area contributed by atoms with Gasteiger partial charge in [-0.2, -0.15) is 0 Å². The Morgan fingerprint density at radius 1 is 1.00 bits per heavy atom. The Morgan fingerprint density at radius 3 is 2.07 bits per heavy atom. The van der Waals surface area contributed by atoms with Crippen molar-refractivity contribution in [3.63, 3.8) is 0 Å². The van der Waals surface area contributed by atoms with Gasteiger partial charge in [-0.3, -0.25) is 19.8 Å². The van der Waals surface area contributed by atoms with E-state index in [0.29, 0.717) is 21.2 Å². The van der Waals surface area contributed by atoms with Crippen molar-refractivity contribution in [3.8, 4) is 0 Å². The van der Waals surface area contributed by atoms with Crippen molar-refractivity contribution in [2.75, 3.05) is 5.88 Å². The molecule has 1 N–H and O–H groups in total. The van der Waals surface area contributed by atoms with Gasteiger partial charge in [-0.05, 0) is 61.0 Å². The summed E-state index contributed by atoms with van der Waals surface area (Å²) in [7, 11) is 0. The van der Waals surface area contributed by atoms with Gasteiger partial charge < -0.3 is 0 Å². The molecule has 0 aliphatic rings. The van der Waals surface area contributed by atoms with E-state index in [4.69, 9.17) is 11.6 Å². The number of ketones is 1. The highest BCUT2D eigenvalue weighted by Gasteiger charge is 2.30. The molecule has 0 aliphatic heterocycles. The first-order valence-electron chi connectivity index (χ1n) is 8.24. The van der Waals surface area contributed by atoms with Crippen molar-refractivity contribution < 1.29 is 14.4 Å². The highest BCUT2D eigenvalue weighted by atomic mass is 79.9. The van der Waals surface area contributed by atoms with Crippen LogP contribution in [0.25, 0.3) is 0 Å². The highest BCUT2D eigenvalue weighted by molar-refractivity contribution is 9.10. The summed E-state index contributed by atoms with van der Waals surface area (Å²) in [5.74, 6) is -1.12. The van der Waals surface area contributed by atoms with Gasteiger partial charge in [-0.25, -0.2) is 5.01 Å². The Balaban J connectivity index is 2.26. The third kappa shape index (κ3) is 5.17. The normalized spacial score (nSPS) is 11.0. The molecule has 0 fully saturated rings. The molecule has 0 unspecified atom stereocenters. The van der Waals surface area contributed by atoms with E-state index in [1.54, 1.807) is 18.2 Å². The van der Waals surface area contributed by atoms with Crippen LogP contribution in [0.5, 0.6) is 0 Å². The molecule has 0 radical (unpaired) electrons. The van der Waals surface area contributed by atoms with Gasteiger partial charge in [0.25, 0.3) is 11.8 Å². The van der Waals surface area contributed by atoms with E-state index in [1.165, 1.54) is 29.3 Å². The minimum absolute atomic E-state index is 0.121. The minimum atomic E-state index is -0.656. The molecule has 0 spiro atoms. The molecule has 2 amide bonds. The van der Waals surface area contributed by atoms with Crippen LogP contribution in [0.1, 0.15) is 51.8 Å². The Bertz CT molecular complexity index is 860. The van der Waals surface area contributed by atoms with Crippen LogP contribution in [-0.4, -0.2) is 34.0 Å². The number of carbonyl (C=O) groups excluding carboxylic acids is 3. The van der Waals surface area contributed by atoms with E-state index in [9.17, 15) is 14.4 Å². The number of rotatable bonds is 4. The maximum Gasteiger partial charge on any atom is 0.273 e. The Labute approximate surface area is 171 Å². The Hall–Kier alpha value is -2.18. The quantitative estimate of drug-likeness (QED) is 0.424. The van der Waals surface area contributed by atoms with E-state index < -0.39 is 11.4 Å². The minimum Gasteiger partial charge on any atom is -0.293 e. The summed E-state index contributed by atoms with van der Waals surface area (Å²) in [6, 6.07) is 13.1. The van der Waals surface area contributed by atoms with E-state index in [-0.39, 0.29) is 17.6 Å². The second-order valence-corrected chi connectivity index (χ2v) is 7.99. The Kier molecular flexibility index (Phi) is 6.78. The van der Waals surface area contributed by atoms with Gasteiger partial charge >= 0.3 is 0 Å². The van der Waals surface area contributed by atoms with Gasteiger partial charge in [0.05, 0.1) is 17.0 Å². The average Bonchev–Trinajstić information content (AvgIpc) is 2.64. The molecule has 2 aromatic carbocycles. The smallest absolute Gasteiger partial charge is 0.273 e. The second-order valence-electron chi connectivity index (χ2n) is 6.87. The van der Waals surface area contributed by atoms with Crippen LogP contribution in [0.3, 0.4) is 0 Å². The summed E-state index contributed by atoms with van der Waals surface area (Å²) >= 11 is 8.91. The zero-order valence-corrected chi connectivity index (χ0v) is 17.6. The van der Waals surface area contributed by atoms with Crippen LogP contribution < -0.4 is 5.43 Å². The lowest BCUT2D eigenvalue weighted by Gasteiger charge is -2.35. The number of hydrogen-bond acceptors (Lipinski definition) is 3. The lowest BCUT2D eigenvalue weighted by molar-refractivity contribution is 0.0358. The van der Waals surface area contributed by atoms with Crippen LogP contribution in [0, 0.1) is 0 Å². The van der Waals surface area contributed by atoms with Crippen LogP contribution in [-0.2, 0) is 0 Å². The number of nitrogens with zero attached hydrogens (tertiary/aromatic N) is 1. The first-order valence-corrected chi connectivity index (χ1v) is 9.57. The summed E-state index contributed by atoms with van der Waals surface area (Å²) in [4.78, 5) is 37.2. The topological polar surface area (TPSA) is 66.5 Å². The van der Waals surface area contributed by atoms with Crippen LogP contribution in [0.15, 0.2) is 53.0 Å². The summed E-state index contributed by atoms with van der Waals surface area (Å²) in [6.07, 6.45) is 0. The number of nitrogens with one attached hydrogen (secondary N) is 1. The monoisotopic (exact) mass is 450 g/mol. The van der Waals surface area contributed by atoms with E-state index in [0.717, 1.165) is 0 Å². The summed E-state index contributed by atoms with van der Waals surface area (Å²) < 4.78 is 0.641. The average molecular weight is 452 g/mol. The number of carbonyl (C=O) groups is 3. The van der Waals surface area contributed by atoms with Gasteiger partial charge in [0, 0.05) is 15.6 Å². The lowest BCUT2D eigenvalue weighted by Crippen LogP contribution is -2.56. The summed E-state index contributed by atoms with van der Waals surface area (Å²) in [5, 5.41) is 1.30. The number of halogens is 2. The van der Waals surface area contributed by atoms with Gasteiger partial charge in [0.2, 0.25) is 0 Å². The second kappa shape index (κ2) is 8.67. The fourth-order valence-corrected chi connectivity index (χ4v) is 2.94. The number of hydrogen-bond donors (Lipinski definition) is 1. The number of benzene rings is 2. The van der Waals surface area contributed by atoms with Crippen molar-refractivity contribution in [1.29, 1.82) is 0 Å². The standard InChI is InChI=1S/C20H20BrClN2O3/c1-20(2,3)24(19(27)15-6-4-5-7-16(15)21)23-18(26)14-10-8-13(9-11-14)17(25)12-22/h4-11H,12H2,1-3H3,(H,23,26). The van der Waals surface area contributed by atoms with Crippen LogP contribution in [0.2, 0.25) is 0 Å². The third-order valence-corrected chi connectivity index (χ3v) is 4.72. The molecule has 7 heteroatoms. The van der Waals surface area contributed by atoms with E-state index in [1.807, 2.05) is 26.8 Å². The molecule has 0 saturated carbocycles. The molecule has 0 atom stereocenters. The molecule has 27 heavy (non-hydrogen) atoms. The lowest BCUT2D eigenvalue weighted by atomic mass is 10.1. The fourth-order valence-electron chi connectivity index (χ4n) is 2.33. The molecule has 2 aromatic rings. The van der Waals surface area contributed by atoms with Crippen molar-refractivity contribution in [3.05, 3.63) is 69.7 Å². The molecular weight excluding hydrogens is 432 g/mol. The van der Waals surface area contributed by atoms with Crippen molar-refractivity contribution in [2.24, 2.45) is 0 Å². The molecule has 142 valence electrons. The van der Waals surface area contributed by atoms with Crippen molar-refractivity contribution >= 4 is 45.1 Å². The maximum atomic E-state index is 13.0. The molecular formula is C20H20BrClN2O3. The number of hydrazine groups is 1. The molecule has 0 saturated heterocycles. The zero-order chi connectivity index (χ0) is 20.2. The van der Waals surface area contributed by atoms with Gasteiger partial charge in [-0.15, -0.1) is 11.6 Å². The molecule has 0 heterocycles. The van der Waals surface area contributed by atoms with E-state index >= 15 is 0 Å². The first kappa shape index (κ1) is 21.1. The van der Waals surface area contributed by atoms with Crippen molar-refractivity contribution in [2.45, 2.75) is 26.3 Å². The predicted octanol–water partition coefficient (Wildman–Crippen LogP) is 4.46. The Morgan fingerprint density at radius 2 is 1.56 bits per heavy atom. The van der Waals surface area contributed by atoms with Crippen LogP contribution >= 0.6 is 27.5 Å². The zero-order valence-electron chi connectivity index (χ0n) is 15.3. The molecule has 0 bridgehead atoms. The highest BCUT2D eigenvalue weighted by Crippen LogP contribution is 2.21. The van der Waals surface area contributed by atoms with Gasteiger partial charge in [0.15, 0.2) is 5.78 Å². The van der Waals surface area contributed by atoms with Gasteiger partial charge in [0.1, 0.15) is 0 Å².